The minimum Gasteiger partial charge on any atom is -0.384 e. The van der Waals surface area contributed by atoms with Gasteiger partial charge in [-0.25, -0.2) is 4.90 Å². The maximum atomic E-state index is 12.3. The molecule has 1 N–H and O–H groups in total. The van der Waals surface area contributed by atoms with Crippen LogP contribution in [0.1, 0.15) is 31.4 Å². The summed E-state index contributed by atoms with van der Waals surface area (Å²) in [7, 11) is 0. The van der Waals surface area contributed by atoms with Gasteiger partial charge in [0.15, 0.2) is 0 Å². The van der Waals surface area contributed by atoms with Crippen LogP contribution in [0.15, 0.2) is 18.2 Å². The summed E-state index contributed by atoms with van der Waals surface area (Å²) >= 11 is 0. The summed E-state index contributed by atoms with van der Waals surface area (Å²) in [5, 5.41) is 8.68. The first kappa shape index (κ1) is 14.3. The number of aliphatic hydroxyl groups excluding tert-OH is 1. The molecule has 0 radical (unpaired) electrons. The van der Waals surface area contributed by atoms with Crippen LogP contribution < -0.4 is 4.90 Å². The first-order valence-electron chi connectivity index (χ1n) is 6.44. The van der Waals surface area contributed by atoms with Gasteiger partial charge in [0, 0.05) is 12.0 Å². The smallest absolute Gasteiger partial charge is 0.239 e. The zero-order chi connectivity index (χ0) is 14.9. The molecule has 0 aliphatic carbocycles. The van der Waals surface area contributed by atoms with E-state index in [2.05, 4.69) is 11.8 Å². The number of carbonyl (C=O) groups excluding carboxylic acids is 2. The molecule has 0 spiro atoms. The fraction of sp³-hybridized carbons (Fsp3) is 0.375. The SMILES string of the molecule is Cc1cc(C#CCO)ccc1N1C(=O)CC(C)(C)C1=O. The molecule has 20 heavy (non-hydrogen) atoms. The molecule has 1 saturated heterocycles. The van der Waals surface area contributed by atoms with Gasteiger partial charge in [-0.15, -0.1) is 0 Å². The maximum Gasteiger partial charge on any atom is 0.239 e. The van der Waals surface area contributed by atoms with Crippen molar-refractivity contribution in [2.24, 2.45) is 5.41 Å². The molecule has 1 aromatic carbocycles. The largest absolute Gasteiger partial charge is 0.384 e. The molecule has 1 aliphatic heterocycles. The number of aryl methyl sites for hydroxylation is 1. The number of aliphatic hydroxyl groups is 1. The van der Waals surface area contributed by atoms with Crippen LogP contribution in [-0.4, -0.2) is 23.5 Å². The summed E-state index contributed by atoms with van der Waals surface area (Å²) in [5.41, 5.74) is 1.53. The third-order valence-electron chi connectivity index (χ3n) is 3.37. The van der Waals surface area contributed by atoms with E-state index in [1.54, 1.807) is 26.0 Å². The van der Waals surface area contributed by atoms with Gasteiger partial charge in [0.2, 0.25) is 11.8 Å². The number of carbonyl (C=O) groups is 2. The van der Waals surface area contributed by atoms with E-state index in [0.717, 1.165) is 11.1 Å². The van der Waals surface area contributed by atoms with Gasteiger partial charge in [0.05, 0.1) is 11.1 Å². The molecule has 2 amide bonds. The van der Waals surface area contributed by atoms with Crippen molar-refractivity contribution in [1.82, 2.24) is 0 Å². The Kier molecular flexibility index (Phi) is 3.65. The van der Waals surface area contributed by atoms with Crippen LogP contribution in [0.3, 0.4) is 0 Å². The third kappa shape index (κ3) is 2.45. The van der Waals surface area contributed by atoms with Crippen LogP contribution in [-0.2, 0) is 9.59 Å². The summed E-state index contributed by atoms with van der Waals surface area (Å²) in [6.45, 7) is 5.21. The van der Waals surface area contributed by atoms with Crippen LogP contribution >= 0.6 is 0 Å². The van der Waals surface area contributed by atoms with E-state index in [0.29, 0.717) is 5.69 Å². The van der Waals surface area contributed by atoms with E-state index < -0.39 is 5.41 Å². The predicted octanol–water partition coefficient (Wildman–Crippen LogP) is 1.63. The maximum absolute atomic E-state index is 12.3. The molecule has 4 nitrogen and oxygen atoms in total. The van der Waals surface area contributed by atoms with E-state index in [1.165, 1.54) is 4.90 Å². The van der Waals surface area contributed by atoms with Crippen molar-refractivity contribution in [3.63, 3.8) is 0 Å². The molecule has 4 heteroatoms. The molecule has 0 unspecified atom stereocenters. The normalized spacial score (nSPS) is 17.1. The lowest BCUT2D eigenvalue weighted by Gasteiger charge is -2.19. The average Bonchev–Trinajstić information content (AvgIpc) is 2.57. The van der Waals surface area contributed by atoms with Crippen LogP contribution in [0.25, 0.3) is 0 Å². The number of nitrogens with zero attached hydrogens (tertiary/aromatic N) is 1. The van der Waals surface area contributed by atoms with E-state index in [-0.39, 0.29) is 24.8 Å². The summed E-state index contributed by atoms with van der Waals surface area (Å²) in [4.78, 5) is 25.6. The first-order valence-corrected chi connectivity index (χ1v) is 6.44. The monoisotopic (exact) mass is 271 g/mol. The Morgan fingerprint density at radius 3 is 2.55 bits per heavy atom. The third-order valence-corrected chi connectivity index (χ3v) is 3.37. The topological polar surface area (TPSA) is 57.6 Å². The van der Waals surface area contributed by atoms with Gasteiger partial charge in [-0.2, -0.15) is 0 Å². The minimum absolute atomic E-state index is 0.167. The summed E-state index contributed by atoms with van der Waals surface area (Å²) in [6.07, 6.45) is 0.233. The Bertz CT molecular complexity index is 635. The summed E-state index contributed by atoms with van der Waals surface area (Å²) < 4.78 is 0. The molecule has 1 aromatic rings. The molecule has 1 heterocycles. The lowest BCUT2D eigenvalue weighted by atomic mass is 9.92. The van der Waals surface area contributed by atoms with Crippen LogP contribution in [0.4, 0.5) is 5.69 Å². The Hall–Kier alpha value is -2.12. The molecule has 0 bridgehead atoms. The molecule has 104 valence electrons. The number of hydrogen-bond donors (Lipinski definition) is 1. The van der Waals surface area contributed by atoms with E-state index in [1.807, 2.05) is 13.0 Å². The van der Waals surface area contributed by atoms with Crippen molar-refractivity contribution in [2.45, 2.75) is 27.2 Å². The number of benzene rings is 1. The van der Waals surface area contributed by atoms with Crippen molar-refractivity contribution in [2.75, 3.05) is 11.5 Å². The lowest BCUT2D eigenvalue weighted by Crippen LogP contribution is -2.33. The Labute approximate surface area is 118 Å². The second kappa shape index (κ2) is 5.10. The Balaban J connectivity index is 2.39. The number of anilines is 1. The van der Waals surface area contributed by atoms with Crippen molar-refractivity contribution in [1.29, 1.82) is 0 Å². The van der Waals surface area contributed by atoms with Gasteiger partial charge >= 0.3 is 0 Å². The molecule has 1 fully saturated rings. The van der Waals surface area contributed by atoms with E-state index in [9.17, 15) is 9.59 Å². The summed E-state index contributed by atoms with van der Waals surface area (Å²) in [5.74, 6) is 5.04. The highest BCUT2D eigenvalue weighted by molar-refractivity contribution is 6.22. The van der Waals surface area contributed by atoms with Gasteiger partial charge in [-0.3, -0.25) is 9.59 Å². The van der Waals surface area contributed by atoms with Crippen LogP contribution in [0.2, 0.25) is 0 Å². The second-order valence-corrected chi connectivity index (χ2v) is 5.56. The van der Waals surface area contributed by atoms with Crippen molar-refractivity contribution >= 4 is 17.5 Å². The Morgan fingerprint density at radius 1 is 1.35 bits per heavy atom. The zero-order valence-electron chi connectivity index (χ0n) is 11.9. The minimum atomic E-state index is -0.640. The van der Waals surface area contributed by atoms with Gasteiger partial charge in [-0.1, -0.05) is 25.7 Å². The fourth-order valence-electron chi connectivity index (χ4n) is 2.32. The van der Waals surface area contributed by atoms with E-state index in [4.69, 9.17) is 5.11 Å². The van der Waals surface area contributed by atoms with Crippen molar-refractivity contribution in [3.8, 4) is 11.8 Å². The van der Waals surface area contributed by atoms with Gasteiger partial charge < -0.3 is 5.11 Å². The molecule has 0 atom stereocenters. The molecular formula is C16H17NO3. The summed E-state index contributed by atoms with van der Waals surface area (Å²) in [6, 6.07) is 5.29. The molecule has 2 rings (SSSR count). The predicted molar refractivity (Wildman–Crippen MR) is 76.0 cm³/mol. The van der Waals surface area contributed by atoms with Crippen LogP contribution in [0.5, 0.6) is 0 Å². The van der Waals surface area contributed by atoms with E-state index >= 15 is 0 Å². The van der Waals surface area contributed by atoms with Gasteiger partial charge in [-0.05, 0) is 30.7 Å². The lowest BCUT2D eigenvalue weighted by molar-refractivity contribution is -0.124. The second-order valence-electron chi connectivity index (χ2n) is 5.56. The zero-order valence-corrected chi connectivity index (χ0v) is 11.9. The number of amides is 2. The molecular weight excluding hydrogens is 254 g/mol. The average molecular weight is 271 g/mol. The quantitative estimate of drug-likeness (QED) is 0.624. The standard InChI is InChI=1S/C16H17NO3/c1-11-9-12(5-4-8-18)6-7-13(11)17-14(19)10-16(2,3)15(17)20/h6-7,9,18H,8,10H2,1-3H3. The molecule has 0 aromatic heterocycles. The van der Waals surface area contributed by atoms with Crippen molar-refractivity contribution in [3.05, 3.63) is 29.3 Å². The highest BCUT2D eigenvalue weighted by Crippen LogP contribution is 2.36. The Morgan fingerprint density at radius 2 is 2.05 bits per heavy atom. The first-order chi connectivity index (χ1) is 9.36. The van der Waals surface area contributed by atoms with Gasteiger partial charge in [0.1, 0.15) is 6.61 Å². The number of imide groups is 1. The molecule has 1 aliphatic rings. The number of rotatable bonds is 1. The van der Waals surface area contributed by atoms with Crippen molar-refractivity contribution < 1.29 is 14.7 Å². The number of hydrogen-bond acceptors (Lipinski definition) is 3. The molecule has 0 saturated carbocycles. The fourth-order valence-corrected chi connectivity index (χ4v) is 2.32. The highest BCUT2D eigenvalue weighted by atomic mass is 16.2. The van der Waals surface area contributed by atoms with Crippen LogP contribution in [0, 0.1) is 24.2 Å². The highest BCUT2D eigenvalue weighted by Gasteiger charge is 2.45. The van der Waals surface area contributed by atoms with Gasteiger partial charge in [0.25, 0.3) is 0 Å².